The Labute approximate surface area is 93.3 Å². The third-order valence-corrected chi connectivity index (χ3v) is 0.693. The number of para-hydroxylation sites is 1. The van der Waals surface area contributed by atoms with Crippen LogP contribution >= 0.6 is 0 Å². The molecule has 0 unspecified atom stereocenters. The van der Waals surface area contributed by atoms with Gasteiger partial charge in [-0.15, -0.1) is 12.1 Å². The molecule has 0 bridgehead atoms. The number of carboxylic acid groups (broad SMARTS) is 1. The maximum absolute atomic E-state index is 9.00. The van der Waals surface area contributed by atoms with E-state index in [-0.39, 0.29) is 35.3 Å². The van der Waals surface area contributed by atoms with Crippen LogP contribution in [0.15, 0.2) is 24.3 Å². The normalized spacial score (nSPS) is 7.08. The summed E-state index contributed by atoms with van der Waals surface area (Å²) in [6.07, 6.45) is 0. The summed E-state index contributed by atoms with van der Waals surface area (Å²) < 4.78 is 0. The van der Waals surface area contributed by atoms with Crippen molar-refractivity contribution >= 4 is 5.97 Å². The molecule has 0 aliphatic rings. The number of aromatic hydroxyl groups is 1. The molecule has 0 spiro atoms. The van der Waals surface area contributed by atoms with Crippen LogP contribution in [0.25, 0.3) is 0 Å². The van der Waals surface area contributed by atoms with Crippen molar-refractivity contribution in [3.05, 3.63) is 30.3 Å². The first-order valence-corrected chi connectivity index (χ1v) is 2.98. The van der Waals surface area contributed by atoms with Gasteiger partial charge in [-0.2, -0.15) is 18.2 Å². The van der Waals surface area contributed by atoms with Crippen LogP contribution in [-0.2, 0) is 4.79 Å². The van der Waals surface area contributed by atoms with E-state index in [9.17, 15) is 0 Å². The molecule has 0 fully saturated rings. The Bertz CT molecular complexity index is 207. The second-order valence-electron chi connectivity index (χ2n) is 1.77. The SMILES string of the molecule is CC(=O)O.Oc1[c-]cccc1.[Na+]. The molecule has 0 aromatic heterocycles. The van der Waals surface area contributed by atoms with Gasteiger partial charge in [0.25, 0.3) is 5.97 Å². The minimum atomic E-state index is -0.833. The summed E-state index contributed by atoms with van der Waals surface area (Å²) in [7, 11) is 0. The molecule has 1 aromatic carbocycles. The van der Waals surface area contributed by atoms with Crippen molar-refractivity contribution in [2.75, 3.05) is 0 Å². The van der Waals surface area contributed by atoms with E-state index < -0.39 is 5.97 Å². The number of hydrogen-bond acceptors (Lipinski definition) is 2. The number of carbonyl (C=O) groups is 1. The van der Waals surface area contributed by atoms with E-state index in [0.29, 0.717) is 0 Å². The van der Waals surface area contributed by atoms with E-state index in [0.717, 1.165) is 6.92 Å². The van der Waals surface area contributed by atoms with Crippen LogP contribution in [0.3, 0.4) is 0 Å². The van der Waals surface area contributed by atoms with Crippen LogP contribution in [0.1, 0.15) is 6.92 Å². The van der Waals surface area contributed by atoms with Crippen LogP contribution in [0.4, 0.5) is 0 Å². The quantitative estimate of drug-likeness (QED) is 0.365. The van der Waals surface area contributed by atoms with Gasteiger partial charge in [-0.25, -0.2) is 0 Å². The number of phenolic OH excluding ortho intramolecular Hbond substituents is 1. The summed E-state index contributed by atoms with van der Waals surface area (Å²) >= 11 is 0. The summed E-state index contributed by atoms with van der Waals surface area (Å²) in [4.78, 5) is 9.00. The van der Waals surface area contributed by atoms with Gasteiger partial charge in [0.15, 0.2) is 0 Å². The number of phenols is 1. The van der Waals surface area contributed by atoms with E-state index in [4.69, 9.17) is 15.0 Å². The largest absolute Gasteiger partial charge is 1.00 e. The third kappa shape index (κ3) is 12.2. The summed E-state index contributed by atoms with van der Waals surface area (Å²) in [5, 5.41) is 16.0. The van der Waals surface area contributed by atoms with Gasteiger partial charge in [-0.3, -0.25) is 4.79 Å². The van der Waals surface area contributed by atoms with Gasteiger partial charge in [0, 0.05) is 12.7 Å². The Morgan fingerprint density at radius 2 is 2.00 bits per heavy atom. The fourth-order valence-corrected chi connectivity index (χ4v) is 0.384. The Hall–Kier alpha value is -0.510. The smallest absolute Gasteiger partial charge is 0.534 e. The van der Waals surface area contributed by atoms with E-state index in [1.807, 2.05) is 0 Å². The van der Waals surface area contributed by atoms with Gasteiger partial charge < -0.3 is 10.2 Å². The summed E-state index contributed by atoms with van der Waals surface area (Å²) in [5.41, 5.74) is 0. The summed E-state index contributed by atoms with van der Waals surface area (Å²) in [6, 6.07) is 9.39. The second-order valence-corrected chi connectivity index (χ2v) is 1.77. The van der Waals surface area contributed by atoms with E-state index in [2.05, 4.69) is 6.07 Å². The third-order valence-electron chi connectivity index (χ3n) is 0.693. The average Bonchev–Trinajstić information content (AvgIpc) is 1.87. The van der Waals surface area contributed by atoms with E-state index in [1.54, 1.807) is 24.3 Å². The zero-order chi connectivity index (χ0) is 8.69. The van der Waals surface area contributed by atoms with Gasteiger partial charge in [0.1, 0.15) is 0 Å². The molecule has 0 amide bonds. The average molecular weight is 176 g/mol. The molecule has 0 heterocycles. The van der Waals surface area contributed by atoms with Crippen LogP contribution in [-0.4, -0.2) is 16.2 Å². The Balaban J connectivity index is 0. The van der Waals surface area contributed by atoms with Gasteiger partial charge >= 0.3 is 29.6 Å². The molecular weight excluding hydrogens is 167 g/mol. The molecule has 0 aliphatic heterocycles. The second kappa shape index (κ2) is 8.59. The zero-order valence-corrected chi connectivity index (χ0v) is 9.11. The fraction of sp³-hybridized carbons (Fsp3) is 0.125. The predicted octanol–water partition coefficient (Wildman–Crippen LogP) is -1.71. The van der Waals surface area contributed by atoms with Gasteiger partial charge in [0.2, 0.25) is 0 Å². The molecule has 60 valence electrons. The Morgan fingerprint density at radius 1 is 1.50 bits per heavy atom. The number of aliphatic carboxylic acids is 1. The maximum Gasteiger partial charge on any atom is 1.00 e. The van der Waals surface area contributed by atoms with Gasteiger partial charge in [0.05, 0.1) is 0 Å². The van der Waals surface area contributed by atoms with Crippen molar-refractivity contribution in [3.8, 4) is 5.75 Å². The first kappa shape index (κ1) is 14.0. The molecule has 12 heavy (non-hydrogen) atoms. The Kier molecular flexibility index (Phi) is 10.0. The van der Waals surface area contributed by atoms with Crippen LogP contribution < -0.4 is 29.6 Å². The van der Waals surface area contributed by atoms with Gasteiger partial charge in [-0.05, 0) is 0 Å². The molecular formula is C8H9NaO3. The molecule has 4 heteroatoms. The minimum absolute atomic E-state index is 0. The molecule has 0 atom stereocenters. The molecule has 0 radical (unpaired) electrons. The number of carboxylic acids is 1. The van der Waals surface area contributed by atoms with Crippen LogP contribution in [0, 0.1) is 6.07 Å². The van der Waals surface area contributed by atoms with Crippen molar-refractivity contribution in [3.63, 3.8) is 0 Å². The monoisotopic (exact) mass is 176 g/mol. The Morgan fingerprint density at radius 3 is 2.17 bits per heavy atom. The molecule has 2 N–H and O–H groups in total. The molecule has 1 aromatic rings. The van der Waals surface area contributed by atoms with Crippen molar-refractivity contribution in [1.82, 2.24) is 0 Å². The first-order valence-electron chi connectivity index (χ1n) is 2.98. The summed E-state index contributed by atoms with van der Waals surface area (Å²) in [5.74, 6) is -0.637. The molecule has 1 rings (SSSR count). The fourth-order valence-electron chi connectivity index (χ4n) is 0.384. The molecule has 0 saturated heterocycles. The van der Waals surface area contributed by atoms with Crippen molar-refractivity contribution in [2.24, 2.45) is 0 Å². The topological polar surface area (TPSA) is 57.5 Å². The van der Waals surface area contributed by atoms with Crippen LogP contribution in [0.5, 0.6) is 5.75 Å². The minimum Gasteiger partial charge on any atom is -0.534 e. The maximum atomic E-state index is 9.00. The first-order chi connectivity index (χ1) is 5.13. The van der Waals surface area contributed by atoms with E-state index >= 15 is 0 Å². The van der Waals surface area contributed by atoms with Crippen molar-refractivity contribution in [1.29, 1.82) is 0 Å². The number of hydrogen-bond donors (Lipinski definition) is 2. The van der Waals surface area contributed by atoms with Crippen molar-refractivity contribution in [2.45, 2.75) is 6.92 Å². The van der Waals surface area contributed by atoms with Crippen LogP contribution in [0.2, 0.25) is 0 Å². The van der Waals surface area contributed by atoms with Crippen molar-refractivity contribution < 1.29 is 44.6 Å². The van der Waals surface area contributed by atoms with E-state index in [1.165, 1.54) is 0 Å². The number of benzene rings is 1. The zero-order valence-electron chi connectivity index (χ0n) is 7.11. The standard InChI is InChI=1S/C6H5O.C2H4O2.Na/c7-6-4-2-1-3-5-6;1-2(3)4;/h1-4,7H;1H3,(H,3,4);/q-1;;+1. The predicted molar refractivity (Wildman–Crippen MR) is 40.3 cm³/mol. The number of rotatable bonds is 0. The summed E-state index contributed by atoms with van der Waals surface area (Å²) in [6.45, 7) is 1.08. The molecule has 3 nitrogen and oxygen atoms in total. The molecule has 0 saturated carbocycles. The molecule has 0 aliphatic carbocycles. The van der Waals surface area contributed by atoms with Gasteiger partial charge in [-0.1, -0.05) is 0 Å².